The van der Waals surface area contributed by atoms with Gasteiger partial charge in [-0.05, 0) is 30.9 Å². The van der Waals surface area contributed by atoms with Crippen LogP contribution in [0.3, 0.4) is 0 Å². The second-order valence-electron chi connectivity index (χ2n) is 5.46. The van der Waals surface area contributed by atoms with Crippen LogP contribution in [0.5, 0.6) is 11.5 Å². The highest BCUT2D eigenvalue weighted by molar-refractivity contribution is 9.10. The highest BCUT2D eigenvalue weighted by atomic mass is 79.9. The average molecular weight is 381 g/mol. The van der Waals surface area contributed by atoms with Crippen LogP contribution in [0.4, 0.5) is 0 Å². The number of ether oxygens (including phenoxy) is 1. The van der Waals surface area contributed by atoms with Gasteiger partial charge in [0.1, 0.15) is 0 Å². The van der Waals surface area contributed by atoms with Crippen LogP contribution >= 0.6 is 28.3 Å². The molecule has 0 radical (unpaired) electrons. The Morgan fingerprint density at radius 3 is 2.48 bits per heavy atom. The number of hydrogen-bond acceptors (Lipinski definition) is 4. The van der Waals surface area contributed by atoms with Crippen molar-refractivity contribution in [2.24, 2.45) is 11.7 Å². The third kappa shape index (κ3) is 4.25. The van der Waals surface area contributed by atoms with Gasteiger partial charge < -0.3 is 20.7 Å². The first kappa shape index (κ1) is 18.6. The molecule has 0 aromatic heterocycles. The van der Waals surface area contributed by atoms with Crippen LogP contribution in [0.25, 0.3) is 0 Å². The molecule has 0 aliphatic heterocycles. The first-order valence-electron chi connectivity index (χ1n) is 7.04. The summed E-state index contributed by atoms with van der Waals surface area (Å²) in [5.41, 5.74) is 6.70. The fourth-order valence-electron chi connectivity index (χ4n) is 2.96. The number of aliphatic hydroxyl groups excluding tert-OH is 1. The van der Waals surface area contributed by atoms with E-state index in [0.717, 1.165) is 30.2 Å². The molecule has 21 heavy (non-hydrogen) atoms. The molecule has 0 bridgehead atoms. The van der Waals surface area contributed by atoms with E-state index >= 15 is 0 Å². The fraction of sp³-hybridized carbons (Fsp3) is 0.600. The van der Waals surface area contributed by atoms with Crippen LogP contribution in [-0.4, -0.2) is 23.4 Å². The lowest BCUT2D eigenvalue weighted by Crippen LogP contribution is -2.34. The topological polar surface area (TPSA) is 75.7 Å². The van der Waals surface area contributed by atoms with Crippen LogP contribution in [0, 0.1) is 5.92 Å². The van der Waals surface area contributed by atoms with Crippen molar-refractivity contribution >= 4 is 28.3 Å². The molecule has 1 aromatic carbocycles. The summed E-state index contributed by atoms with van der Waals surface area (Å²) in [7, 11) is 1.49. The maximum atomic E-state index is 10.5. The third-order valence-electron chi connectivity index (χ3n) is 4.15. The van der Waals surface area contributed by atoms with E-state index in [9.17, 15) is 10.2 Å². The second-order valence-corrected chi connectivity index (χ2v) is 6.38. The number of phenolic OH excluding ortho intramolecular Hbond substituents is 1. The summed E-state index contributed by atoms with van der Waals surface area (Å²) in [6.07, 6.45) is 4.88. The third-order valence-corrected chi connectivity index (χ3v) is 4.61. The van der Waals surface area contributed by atoms with Gasteiger partial charge in [-0.1, -0.05) is 35.2 Å². The van der Waals surface area contributed by atoms with E-state index in [-0.39, 0.29) is 24.1 Å². The summed E-state index contributed by atoms with van der Waals surface area (Å²) in [6.45, 7) is 0. The minimum absolute atomic E-state index is 0. The van der Waals surface area contributed by atoms with E-state index in [4.69, 9.17) is 10.5 Å². The molecular formula is C15H23BrClNO3. The number of hydrogen-bond donors (Lipinski definition) is 3. The second kappa shape index (κ2) is 8.22. The molecule has 4 nitrogen and oxygen atoms in total. The standard InChI is InChI=1S/C15H22BrNO3.ClH/c1-20-12-8-10(16)7-11(15(12)19)13(17)14(18)9-5-3-2-4-6-9;/h7-9,13-14,18-19H,2-6,17H2,1H3;1H/t13-,14+;/m0./s1. The van der Waals surface area contributed by atoms with Crippen molar-refractivity contribution < 1.29 is 14.9 Å². The van der Waals surface area contributed by atoms with E-state index < -0.39 is 12.1 Å². The monoisotopic (exact) mass is 379 g/mol. The molecule has 120 valence electrons. The Balaban J connectivity index is 0.00000220. The normalized spacial score (nSPS) is 18.7. The zero-order chi connectivity index (χ0) is 14.7. The SMILES string of the molecule is COc1cc(Br)cc([C@H](N)[C@H](O)C2CCCCC2)c1O.Cl. The Morgan fingerprint density at radius 2 is 1.90 bits per heavy atom. The number of halogens is 2. The number of aliphatic hydroxyl groups is 1. The van der Waals surface area contributed by atoms with Gasteiger partial charge in [0.05, 0.1) is 19.3 Å². The smallest absolute Gasteiger partial charge is 0.162 e. The summed E-state index contributed by atoms with van der Waals surface area (Å²) in [5, 5.41) is 20.7. The fourth-order valence-corrected chi connectivity index (χ4v) is 3.41. The van der Waals surface area contributed by atoms with Crippen LogP contribution in [0.2, 0.25) is 0 Å². The minimum atomic E-state index is -0.639. The molecule has 1 aliphatic rings. The zero-order valence-corrected chi connectivity index (χ0v) is 14.5. The van der Waals surface area contributed by atoms with Crippen LogP contribution in [0.1, 0.15) is 43.7 Å². The van der Waals surface area contributed by atoms with Crippen LogP contribution in [-0.2, 0) is 0 Å². The van der Waals surface area contributed by atoms with E-state index in [0.29, 0.717) is 11.3 Å². The summed E-state index contributed by atoms with van der Waals surface area (Å²) in [5.74, 6) is 0.585. The number of rotatable bonds is 4. The van der Waals surface area contributed by atoms with E-state index in [1.165, 1.54) is 13.5 Å². The molecule has 1 aromatic rings. The van der Waals surface area contributed by atoms with E-state index in [1.807, 2.05) is 0 Å². The van der Waals surface area contributed by atoms with Gasteiger partial charge in [-0.25, -0.2) is 0 Å². The van der Waals surface area contributed by atoms with Crippen LogP contribution < -0.4 is 10.5 Å². The van der Waals surface area contributed by atoms with Crippen molar-refractivity contribution in [3.8, 4) is 11.5 Å². The van der Waals surface area contributed by atoms with Crippen molar-refractivity contribution in [2.75, 3.05) is 7.11 Å². The lowest BCUT2D eigenvalue weighted by molar-refractivity contribution is 0.0610. The van der Waals surface area contributed by atoms with Crippen molar-refractivity contribution in [3.63, 3.8) is 0 Å². The van der Waals surface area contributed by atoms with Gasteiger partial charge in [-0.2, -0.15) is 0 Å². The molecule has 0 heterocycles. The Bertz CT molecular complexity index is 466. The molecule has 1 saturated carbocycles. The Hall–Kier alpha value is -0.490. The predicted octanol–water partition coefficient (Wildman–Crippen LogP) is 3.53. The molecule has 6 heteroatoms. The molecule has 1 aliphatic carbocycles. The summed E-state index contributed by atoms with van der Waals surface area (Å²) >= 11 is 3.37. The minimum Gasteiger partial charge on any atom is -0.504 e. The van der Waals surface area contributed by atoms with Gasteiger partial charge in [0.15, 0.2) is 11.5 Å². The summed E-state index contributed by atoms with van der Waals surface area (Å²) in [4.78, 5) is 0. The molecule has 2 atom stereocenters. The molecule has 0 spiro atoms. The van der Waals surface area contributed by atoms with Crippen molar-refractivity contribution in [1.82, 2.24) is 0 Å². The van der Waals surface area contributed by atoms with Crippen molar-refractivity contribution in [3.05, 3.63) is 22.2 Å². The Kier molecular flexibility index (Phi) is 7.27. The molecule has 0 unspecified atom stereocenters. The summed E-state index contributed by atoms with van der Waals surface area (Å²) in [6, 6.07) is 2.82. The number of phenols is 1. The maximum absolute atomic E-state index is 10.5. The van der Waals surface area contributed by atoms with Crippen molar-refractivity contribution in [2.45, 2.75) is 44.2 Å². The van der Waals surface area contributed by atoms with Gasteiger partial charge in [-0.15, -0.1) is 12.4 Å². The lowest BCUT2D eigenvalue weighted by atomic mass is 9.81. The van der Waals surface area contributed by atoms with Gasteiger partial charge in [0.2, 0.25) is 0 Å². The quantitative estimate of drug-likeness (QED) is 0.747. The molecule has 4 N–H and O–H groups in total. The lowest BCUT2D eigenvalue weighted by Gasteiger charge is -2.31. The molecule has 1 fully saturated rings. The number of methoxy groups -OCH3 is 1. The molecule has 0 saturated heterocycles. The van der Waals surface area contributed by atoms with Gasteiger partial charge >= 0.3 is 0 Å². The highest BCUT2D eigenvalue weighted by Crippen LogP contribution is 2.39. The van der Waals surface area contributed by atoms with Gasteiger partial charge in [0, 0.05) is 10.0 Å². The molecule has 2 rings (SSSR count). The van der Waals surface area contributed by atoms with Gasteiger partial charge in [0.25, 0.3) is 0 Å². The summed E-state index contributed by atoms with van der Waals surface area (Å²) < 4.78 is 5.90. The number of aromatic hydroxyl groups is 1. The number of nitrogens with two attached hydrogens (primary N) is 1. The van der Waals surface area contributed by atoms with Crippen LogP contribution in [0.15, 0.2) is 16.6 Å². The van der Waals surface area contributed by atoms with E-state index in [1.54, 1.807) is 12.1 Å². The maximum Gasteiger partial charge on any atom is 0.162 e. The Morgan fingerprint density at radius 1 is 1.29 bits per heavy atom. The highest BCUT2D eigenvalue weighted by Gasteiger charge is 2.30. The predicted molar refractivity (Wildman–Crippen MR) is 89.1 cm³/mol. The van der Waals surface area contributed by atoms with E-state index in [2.05, 4.69) is 15.9 Å². The Labute approximate surface area is 140 Å². The van der Waals surface area contributed by atoms with Crippen molar-refractivity contribution in [1.29, 1.82) is 0 Å². The largest absolute Gasteiger partial charge is 0.504 e. The molecule has 0 amide bonds. The first-order chi connectivity index (χ1) is 9.54. The zero-order valence-electron chi connectivity index (χ0n) is 12.1. The van der Waals surface area contributed by atoms with Gasteiger partial charge in [-0.3, -0.25) is 0 Å². The first-order valence-corrected chi connectivity index (χ1v) is 7.84. The molecular weight excluding hydrogens is 358 g/mol. The average Bonchev–Trinajstić information content (AvgIpc) is 2.48. The number of benzene rings is 1.